The zero-order valence-corrected chi connectivity index (χ0v) is 12.1. The molecule has 2 nitrogen and oxygen atoms in total. The van der Waals surface area contributed by atoms with Crippen molar-refractivity contribution >= 4 is 11.6 Å². The number of rotatable bonds is 5. The normalized spacial score (nSPS) is 11.7. The van der Waals surface area contributed by atoms with E-state index in [1.807, 2.05) is 55.5 Å². The third kappa shape index (κ3) is 3.76. The van der Waals surface area contributed by atoms with Crippen LogP contribution in [0, 0.1) is 18.3 Å². The van der Waals surface area contributed by atoms with Crippen LogP contribution in [0.2, 0.25) is 5.02 Å². The Balaban J connectivity index is 1.95. The Bertz CT molecular complexity index is 604. The second-order valence-electron chi connectivity index (χ2n) is 4.66. The summed E-state index contributed by atoms with van der Waals surface area (Å²) in [6.45, 7) is 2.46. The standard InChI is InChI=1S/C17H16ClNO/c1-13-7-8-16(18)17(11-13)20-10-9-15(12-19)14-5-3-2-4-6-14/h2-8,11,15H,9-10H2,1H3. The van der Waals surface area contributed by atoms with Gasteiger partial charge < -0.3 is 4.74 Å². The first-order chi connectivity index (χ1) is 9.70. The van der Waals surface area contributed by atoms with Crippen molar-refractivity contribution in [3.05, 3.63) is 64.7 Å². The predicted molar refractivity (Wildman–Crippen MR) is 81.1 cm³/mol. The van der Waals surface area contributed by atoms with Crippen LogP contribution >= 0.6 is 11.6 Å². The van der Waals surface area contributed by atoms with E-state index in [0.717, 1.165) is 11.1 Å². The molecule has 0 bridgehead atoms. The summed E-state index contributed by atoms with van der Waals surface area (Å²) in [5, 5.41) is 9.84. The van der Waals surface area contributed by atoms with E-state index in [0.29, 0.717) is 23.8 Å². The summed E-state index contributed by atoms with van der Waals surface area (Å²) in [7, 11) is 0. The first kappa shape index (κ1) is 14.4. The van der Waals surface area contributed by atoms with Gasteiger partial charge in [0.25, 0.3) is 0 Å². The zero-order chi connectivity index (χ0) is 14.4. The van der Waals surface area contributed by atoms with Crippen LogP contribution in [0.1, 0.15) is 23.5 Å². The summed E-state index contributed by atoms with van der Waals surface area (Å²) in [4.78, 5) is 0. The molecule has 0 aliphatic carbocycles. The van der Waals surface area contributed by atoms with Gasteiger partial charge in [0.1, 0.15) is 5.75 Å². The second kappa shape index (κ2) is 6.98. The number of hydrogen-bond donors (Lipinski definition) is 0. The van der Waals surface area contributed by atoms with Gasteiger partial charge in [-0.05, 0) is 30.2 Å². The molecule has 0 radical (unpaired) electrons. The highest BCUT2D eigenvalue weighted by atomic mass is 35.5. The maximum absolute atomic E-state index is 9.24. The molecule has 3 heteroatoms. The summed E-state index contributed by atoms with van der Waals surface area (Å²) < 4.78 is 5.69. The van der Waals surface area contributed by atoms with Crippen LogP contribution in [0.25, 0.3) is 0 Å². The molecule has 2 rings (SSSR count). The van der Waals surface area contributed by atoms with Gasteiger partial charge in [-0.2, -0.15) is 5.26 Å². The lowest BCUT2D eigenvalue weighted by Crippen LogP contribution is -2.04. The van der Waals surface area contributed by atoms with Crippen LogP contribution < -0.4 is 4.74 Å². The zero-order valence-electron chi connectivity index (χ0n) is 11.3. The van der Waals surface area contributed by atoms with E-state index >= 15 is 0 Å². The molecule has 102 valence electrons. The molecule has 1 atom stereocenters. The molecule has 0 saturated heterocycles. The van der Waals surface area contributed by atoms with E-state index in [2.05, 4.69) is 6.07 Å². The van der Waals surface area contributed by atoms with Gasteiger partial charge in [-0.25, -0.2) is 0 Å². The molecular formula is C17H16ClNO. The molecule has 1 unspecified atom stereocenters. The molecule has 0 aromatic heterocycles. The van der Waals surface area contributed by atoms with Gasteiger partial charge in [0.2, 0.25) is 0 Å². The number of hydrogen-bond acceptors (Lipinski definition) is 2. The molecule has 0 spiro atoms. The van der Waals surface area contributed by atoms with E-state index in [4.69, 9.17) is 16.3 Å². The van der Waals surface area contributed by atoms with E-state index in [-0.39, 0.29) is 5.92 Å². The van der Waals surface area contributed by atoms with E-state index in [1.165, 1.54) is 0 Å². The van der Waals surface area contributed by atoms with Crippen LogP contribution in [-0.4, -0.2) is 6.61 Å². The first-order valence-corrected chi connectivity index (χ1v) is 6.92. The van der Waals surface area contributed by atoms with Gasteiger partial charge in [-0.15, -0.1) is 0 Å². The number of aryl methyl sites for hydroxylation is 1. The molecule has 0 aliphatic heterocycles. The molecule has 0 amide bonds. The highest BCUT2D eigenvalue weighted by Gasteiger charge is 2.10. The highest BCUT2D eigenvalue weighted by Crippen LogP contribution is 2.26. The van der Waals surface area contributed by atoms with Crippen molar-refractivity contribution in [2.75, 3.05) is 6.61 Å². The molecule has 2 aromatic rings. The third-order valence-corrected chi connectivity index (χ3v) is 3.42. The van der Waals surface area contributed by atoms with Crippen molar-refractivity contribution in [3.8, 4) is 11.8 Å². The van der Waals surface area contributed by atoms with Crippen LogP contribution in [0.5, 0.6) is 5.75 Å². The van der Waals surface area contributed by atoms with Gasteiger partial charge >= 0.3 is 0 Å². The molecule has 2 aromatic carbocycles. The lowest BCUT2D eigenvalue weighted by molar-refractivity contribution is 0.306. The van der Waals surface area contributed by atoms with Crippen molar-refractivity contribution < 1.29 is 4.74 Å². The lowest BCUT2D eigenvalue weighted by Gasteiger charge is -2.12. The van der Waals surface area contributed by atoms with Gasteiger partial charge in [0, 0.05) is 6.42 Å². The molecule has 0 heterocycles. The quantitative estimate of drug-likeness (QED) is 0.796. The predicted octanol–water partition coefficient (Wildman–Crippen LogP) is 4.72. The Morgan fingerprint density at radius 1 is 1.20 bits per heavy atom. The fraction of sp³-hybridized carbons (Fsp3) is 0.235. The summed E-state index contributed by atoms with van der Waals surface area (Å²) in [5.74, 6) is 0.524. The number of halogens is 1. The molecular weight excluding hydrogens is 270 g/mol. The second-order valence-corrected chi connectivity index (χ2v) is 5.07. The van der Waals surface area contributed by atoms with Crippen LogP contribution in [-0.2, 0) is 0 Å². The minimum Gasteiger partial charge on any atom is -0.492 e. The molecule has 0 saturated carbocycles. The van der Waals surface area contributed by atoms with Crippen molar-refractivity contribution in [1.29, 1.82) is 5.26 Å². The molecule has 0 N–H and O–H groups in total. The highest BCUT2D eigenvalue weighted by molar-refractivity contribution is 6.32. The third-order valence-electron chi connectivity index (χ3n) is 3.11. The molecule has 0 fully saturated rings. The Hall–Kier alpha value is -1.98. The summed E-state index contributed by atoms with van der Waals surface area (Å²) in [6.07, 6.45) is 0.644. The minimum atomic E-state index is -0.153. The van der Waals surface area contributed by atoms with Crippen molar-refractivity contribution in [1.82, 2.24) is 0 Å². The summed E-state index contributed by atoms with van der Waals surface area (Å²) >= 11 is 6.07. The topological polar surface area (TPSA) is 33.0 Å². The maximum Gasteiger partial charge on any atom is 0.138 e. The number of benzene rings is 2. The van der Waals surface area contributed by atoms with Crippen molar-refractivity contribution in [2.24, 2.45) is 0 Å². The number of nitriles is 1. The minimum absolute atomic E-state index is 0.153. The first-order valence-electron chi connectivity index (χ1n) is 6.54. The van der Waals surface area contributed by atoms with Gasteiger partial charge in [-0.1, -0.05) is 48.0 Å². The average Bonchev–Trinajstić information content (AvgIpc) is 2.48. The van der Waals surface area contributed by atoms with Crippen molar-refractivity contribution in [3.63, 3.8) is 0 Å². The molecule has 20 heavy (non-hydrogen) atoms. The summed E-state index contributed by atoms with van der Waals surface area (Å²) in [6, 6.07) is 17.8. The monoisotopic (exact) mass is 285 g/mol. The van der Waals surface area contributed by atoms with Crippen LogP contribution in [0.3, 0.4) is 0 Å². The maximum atomic E-state index is 9.24. The van der Waals surface area contributed by atoms with E-state index < -0.39 is 0 Å². The SMILES string of the molecule is Cc1ccc(Cl)c(OCCC(C#N)c2ccccc2)c1. The summed E-state index contributed by atoms with van der Waals surface area (Å²) in [5.41, 5.74) is 2.12. The lowest BCUT2D eigenvalue weighted by atomic mass is 9.98. The Kier molecular flexibility index (Phi) is 5.03. The Labute approximate surface area is 124 Å². The molecule has 0 aliphatic rings. The smallest absolute Gasteiger partial charge is 0.138 e. The fourth-order valence-electron chi connectivity index (χ4n) is 2.00. The number of ether oxygens (including phenoxy) is 1. The van der Waals surface area contributed by atoms with E-state index in [1.54, 1.807) is 0 Å². The van der Waals surface area contributed by atoms with Crippen LogP contribution in [0.15, 0.2) is 48.5 Å². The van der Waals surface area contributed by atoms with Crippen molar-refractivity contribution in [2.45, 2.75) is 19.3 Å². The Morgan fingerprint density at radius 3 is 2.65 bits per heavy atom. The largest absolute Gasteiger partial charge is 0.492 e. The van der Waals surface area contributed by atoms with Gasteiger partial charge in [0.05, 0.1) is 23.6 Å². The van der Waals surface area contributed by atoms with Gasteiger partial charge in [-0.3, -0.25) is 0 Å². The fourth-order valence-corrected chi connectivity index (χ4v) is 2.17. The Morgan fingerprint density at radius 2 is 1.95 bits per heavy atom. The number of nitrogens with zero attached hydrogens (tertiary/aromatic N) is 1. The van der Waals surface area contributed by atoms with Crippen LogP contribution in [0.4, 0.5) is 0 Å². The van der Waals surface area contributed by atoms with E-state index in [9.17, 15) is 5.26 Å². The average molecular weight is 286 g/mol. The van der Waals surface area contributed by atoms with Gasteiger partial charge in [0.15, 0.2) is 0 Å².